The number of aromatic nitrogens is 3. The van der Waals surface area contributed by atoms with E-state index in [0.29, 0.717) is 5.92 Å². The normalized spacial score (nSPS) is 19.7. The van der Waals surface area contributed by atoms with Gasteiger partial charge in [0.1, 0.15) is 0 Å². The maximum atomic E-state index is 11.5. The Morgan fingerprint density at radius 3 is 2.73 bits per heavy atom. The first-order valence-corrected chi connectivity index (χ1v) is 11.5. The molecule has 1 amide bonds. The summed E-state index contributed by atoms with van der Waals surface area (Å²) >= 11 is 0. The van der Waals surface area contributed by atoms with Crippen molar-refractivity contribution in [2.75, 3.05) is 13.1 Å². The van der Waals surface area contributed by atoms with E-state index in [-0.39, 0.29) is 5.69 Å². The Morgan fingerprint density at radius 1 is 1.12 bits per heavy atom. The van der Waals surface area contributed by atoms with Crippen LogP contribution in [-0.4, -0.2) is 33.3 Å². The van der Waals surface area contributed by atoms with Crippen molar-refractivity contribution >= 4 is 22.4 Å². The molecule has 1 aliphatic carbocycles. The first-order valence-electron chi connectivity index (χ1n) is 11.5. The van der Waals surface area contributed by atoms with Crippen LogP contribution in [0.5, 0.6) is 0 Å². The Labute approximate surface area is 192 Å². The summed E-state index contributed by atoms with van der Waals surface area (Å²) in [6.07, 6.45) is 5.80. The first-order chi connectivity index (χ1) is 16.0. The molecule has 33 heavy (non-hydrogen) atoms. The average Bonchev–Trinajstić information content (AvgIpc) is 3.57. The fourth-order valence-corrected chi connectivity index (χ4v) is 5.33. The lowest BCUT2D eigenvalue weighted by molar-refractivity contribution is 0.0995. The Balaban J connectivity index is 1.22. The summed E-state index contributed by atoms with van der Waals surface area (Å²) in [7, 11) is 0. The molecule has 2 aliphatic rings. The fourth-order valence-electron chi connectivity index (χ4n) is 5.33. The van der Waals surface area contributed by atoms with Crippen LogP contribution in [0.4, 0.5) is 0 Å². The summed E-state index contributed by atoms with van der Waals surface area (Å²) in [5.41, 5.74) is 12.8. The maximum Gasteiger partial charge on any atom is 0.269 e. The fraction of sp³-hybridized carbons (Fsp3) is 0.259. The quantitative estimate of drug-likeness (QED) is 0.497. The highest BCUT2D eigenvalue weighted by Gasteiger charge is 2.31. The van der Waals surface area contributed by atoms with E-state index in [2.05, 4.69) is 69.7 Å². The summed E-state index contributed by atoms with van der Waals surface area (Å²) in [6.45, 7) is 5.02. The number of benzene rings is 2. The number of nitrogens with two attached hydrogens (primary N) is 1. The van der Waals surface area contributed by atoms with E-state index in [4.69, 9.17) is 5.73 Å². The zero-order valence-electron chi connectivity index (χ0n) is 18.7. The minimum Gasteiger partial charge on any atom is -0.364 e. The minimum absolute atomic E-state index is 0.279. The number of fused-ring (bicyclic) bond motifs is 2. The molecule has 0 saturated carbocycles. The number of rotatable bonds is 5. The largest absolute Gasteiger partial charge is 0.364 e. The van der Waals surface area contributed by atoms with Crippen molar-refractivity contribution in [3.8, 4) is 5.69 Å². The molecule has 1 saturated heterocycles. The van der Waals surface area contributed by atoms with Crippen molar-refractivity contribution in [1.29, 1.82) is 0 Å². The van der Waals surface area contributed by atoms with Gasteiger partial charge in [-0.2, -0.15) is 5.10 Å². The number of carbonyl (C=O) groups excluding carboxylic acids is 1. The summed E-state index contributed by atoms with van der Waals surface area (Å²) in [5.74, 6) is 0.978. The van der Waals surface area contributed by atoms with E-state index >= 15 is 0 Å². The summed E-state index contributed by atoms with van der Waals surface area (Å²) < 4.78 is 4.03. The Bertz CT molecular complexity index is 1390. The number of hydrogen-bond donors (Lipinski definition) is 2. The third kappa shape index (κ3) is 3.56. The predicted octanol–water partition coefficient (Wildman–Crippen LogP) is 3.91. The second-order valence-electron chi connectivity index (χ2n) is 9.31. The number of hydrogen-bond acceptors (Lipinski definition) is 3. The van der Waals surface area contributed by atoms with Gasteiger partial charge in [0, 0.05) is 35.9 Å². The van der Waals surface area contributed by atoms with Gasteiger partial charge in [-0.15, -0.1) is 0 Å². The topological polar surface area (TPSA) is 77.9 Å². The molecule has 166 valence electrons. The smallest absolute Gasteiger partial charge is 0.269 e. The van der Waals surface area contributed by atoms with Gasteiger partial charge in [-0.25, -0.2) is 4.68 Å². The molecule has 0 bridgehead atoms. The van der Waals surface area contributed by atoms with Gasteiger partial charge < -0.3 is 15.6 Å². The van der Waals surface area contributed by atoms with Gasteiger partial charge in [0.15, 0.2) is 5.69 Å². The molecule has 0 unspecified atom stereocenters. The van der Waals surface area contributed by atoms with Crippen LogP contribution >= 0.6 is 0 Å². The van der Waals surface area contributed by atoms with E-state index in [0.717, 1.165) is 42.3 Å². The lowest BCUT2D eigenvalue weighted by Crippen LogP contribution is -2.12. The highest BCUT2D eigenvalue weighted by atomic mass is 16.1. The monoisotopic (exact) mass is 437 g/mol. The van der Waals surface area contributed by atoms with Crippen LogP contribution in [0.15, 0.2) is 66.9 Å². The molecule has 3 heterocycles. The highest BCUT2D eigenvalue weighted by molar-refractivity contribution is 5.91. The molecule has 6 rings (SSSR count). The van der Waals surface area contributed by atoms with E-state index < -0.39 is 5.91 Å². The molecule has 4 aromatic rings. The summed E-state index contributed by atoms with van der Waals surface area (Å²) in [4.78, 5) is 11.5. The molecule has 1 aliphatic heterocycles. The van der Waals surface area contributed by atoms with Crippen LogP contribution in [0.2, 0.25) is 0 Å². The number of carbonyl (C=O) groups is 1. The van der Waals surface area contributed by atoms with E-state index in [1.54, 1.807) is 10.7 Å². The first kappa shape index (κ1) is 20.0. The SMILES string of the molecule is Cc1cc(C(N)=O)nn1-c1ccc2c(ccn2Cc2ccc(C3=C[C@H]4CNC[C@H]4C3)cc2)c1. The molecule has 1 fully saturated rings. The summed E-state index contributed by atoms with van der Waals surface area (Å²) in [6, 6.07) is 19.1. The second kappa shape index (κ2) is 7.74. The molecule has 2 aromatic carbocycles. The zero-order valence-corrected chi connectivity index (χ0v) is 18.7. The summed E-state index contributed by atoms with van der Waals surface area (Å²) in [5, 5.41) is 8.98. The Hall–Kier alpha value is -3.64. The van der Waals surface area contributed by atoms with Crippen LogP contribution in [0, 0.1) is 18.8 Å². The van der Waals surface area contributed by atoms with Crippen LogP contribution in [-0.2, 0) is 6.54 Å². The lowest BCUT2D eigenvalue weighted by atomic mass is 9.98. The van der Waals surface area contributed by atoms with Gasteiger partial charge in [0.25, 0.3) is 5.91 Å². The third-order valence-corrected chi connectivity index (χ3v) is 7.11. The number of allylic oxidation sites excluding steroid dienone is 1. The van der Waals surface area contributed by atoms with Crippen molar-refractivity contribution in [3.05, 3.63) is 89.4 Å². The van der Waals surface area contributed by atoms with Gasteiger partial charge in [-0.1, -0.05) is 30.3 Å². The highest BCUT2D eigenvalue weighted by Crippen LogP contribution is 2.38. The van der Waals surface area contributed by atoms with Crippen LogP contribution in [0.25, 0.3) is 22.2 Å². The maximum absolute atomic E-state index is 11.5. The molecule has 2 atom stereocenters. The molecule has 3 N–H and O–H groups in total. The van der Waals surface area contributed by atoms with Crippen LogP contribution in [0.1, 0.15) is 33.7 Å². The second-order valence-corrected chi connectivity index (χ2v) is 9.31. The third-order valence-electron chi connectivity index (χ3n) is 7.11. The van der Waals surface area contributed by atoms with Gasteiger partial charge >= 0.3 is 0 Å². The van der Waals surface area contributed by atoms with Gasteiger partial charge in [0.05, 0.1) is 5.69 Å². The van der Waals surface area contributed by atoms with Crippen molar-refractivity contribution in [3.63, 3.8) is 0 Å². The molecular formula is C27H27N5O. The van der Waals surface area contributed by atoms with E-state index in [1.807, 2.05) is 13.0 Å². The Morgan fingerprint density at radius 2 is 1.97 bits per heavy atom. The minimum atomic E-state index is -0.515. The van der Waals surface area contributed by atoms with Crippen molar-refractivity contribution in [2.24, 2.45) is 17.6 Å². The molecule has 2 aromatic heterocycles. The molecular weight excluding hydrogens is 410 g/mol. The van der Waals surface area contributed by atoms with E-state index in [9.17, 15) is 4.79 Å². The zero-order chi connectivity index (χ0) is 22.5. The Kier molecular flexibility index (Phi) is 4.69. The number of amides is 1. The molecule has 6 nitrogen and oxygen atoms in total. The molecule has 0 radical (unpaired) electrons. The van der Waals surface area contributed by atoms with Crippen LogP contribution < -0.4 is 11.1 Å². The number of primary amides is 1. The van der Waals surface area contributed by atoms with E-state index in [1.165, 1.54) is 28.6 Å². The molecule has 0 spiro atoms. The number of nitrogens with one attached hydrogen (secondary N) is 1. The molecule has 6 heteroatoms. The van der Waals surface area contributed by atoms with Crippen molar-refractivity contribution in [1.82, 2.24) is 19.7 Å². The standard InChI is InChI=1S/C27H27N5O/c1-17-10-25(27(28)33)30-32(17)24-6-7-26-20(13-24)8-9-31(26)16-18-2-4-19(5-3-18)21-11-22-14-29-15-23(22)12-21/h2-11,13,22-23,29H,12,14-16H2,1H3,(H2,28,33)/t22-,23+/m0/s1. The predicted molar refractivity (Wildman–Crippen MR) is 130 cm³/mol. The van der Waals surface area contributed by atoms with Crippen molar-refractivity contribution < 1.29 is 4.79 Å². The lowest BCUT2D eigenvalue weighted by Gasteiger charge is -2.10. The van der Waals surface area contributed by atoms with Crippen molar-refractivity contribution in [2.45, 2.75) is 19.9 Å². The van der Waals surface area contributed by atoms with Gasteiger partial charge in [0.2, 0.25) is 0 Å². The van der Waals surface area contributed by atoms with Gasteiger partial charge in [-0.05, 0) is 78.8 Å². The van der Waals surface area contributed by atoms with Gasteiger partial charge in [-0.3, -0.25) is 4.79 Å². The van der Waals surface area contributed by atoms with Crippen LogP contribution in [0.3, 0.4) is 0 Å². The average molecular weight is 438 g/mol. The number of nitrogens with zero attached hydrogens (tertiary/aromatic N) is 3. The number of aryl methyl sites for hydroxylation is 1.